The Hall–Kier alpha value is -1.36. The minimum absolute atomic E-state index is 0.0505. The summed E-state index contributed by atoms with van der Waals surface area (Å²) in [5, 5.41) is 10.2. The first kappa shape index (κ1) is 12.7. The molecular formula is C11H20N4O. The Balaban J connectivity index is 2.75. The summed E-state index contributed by atoms with van der Waals surface area (Å²) in [7, 11) is 1.83. The summed E-state index contributed by atoms with van der Waals surface area (Å²) >= 11 is 0. The minimum atomic E-state index is -0.572. The summed E-state index contributed by atoms with van der Waals surface area (Å²) in [6.45, 7) is 8.32. The number of carbonyl (C=O) groups excluding carboxylic acids is 1. The normalized spacial score (nSPS) is 11.6. The second kappa shape index (κ2) is 4.65. The number of carbonyl (C=O) groups is 1. The van der Waals surface area contributed by atoms with E-state index in [2.05, 4.69) is 15.7 Å². The summed E-state index contributed by atoms with van der Waals surface area (Å²) < 4.78 is 1.69. The van der Waals surface area contributed by atoms with Gasteiger partial charge in [0.15, 0.2) is 0 Å². The third-order valence-corrected chi connectivity index (χ3v) is 2.45. The highest BCUT2D eigenvalue weighted by molar-refractivity contribution is 5.97. The van der Waals surface area contributed by atoms with Gasteiger partial charge in [0, 0.05) is 13.2 Å². The lowest BCUT2D eigenvalue weighted by atomic mass is 10.0. The number of aryl methyl sites for hydroxylation is 2. The van der Waals surface area contributed by atoms with E-state index >= 15 is 0 Å². The first-order chi connectivity index (χ1) is 7.36. The molecule has 0 radical (unpaired) electrons. The number of nitrogens with zero attached hydrogens (tertiary/aromatic N) is 2. The van der Waals surface area contributed by atoms with Gasteiger partial charge in [0.25, 0.3) is 0 Å². The molecule has 5 nitrogen and oxygen atoms in total. The molecule has 90 valence electrons. The topological polar surface area (TPSA) is 59.0 Å². The fourth-order valence-electron chi connectivity index (χ4n) is 1.52. The summed E-state index contributed by atoms with van der Waals surface area (Å²) in [5.41, 5.74) is 1.01. The summed E-state index contributed by atoms with van der Waals surface area (Å²) in [5.74, 6) is -0.0505. The molecular weight excluding hydrogens is 204 g/mol. The van der Waals surface area contributed by atoms with Gasteiger partial charge in [0.2, 0.25) is 5.91 Å². The van der Waals surface area contributed by atoms with Crippen molar-refractivity contribution < 1.29 is 4.79 Å². The molecule has 0 saturated heterocycles. The molecule has 0 bridgehead atoms. The van der Waals surface area contributed by atoms with E-state index in [1.54, 1.807) is 10.9 Å². The largest absolute Gasteiger partial charge is 0.322 e. The highest BCUT2D eigenvalue weighted by atomic mass is 16.2. The van der Waals surface area contributed by atoms with Gasteiger partial charge in [0.05, 0.1) is 16.9 Å². The number of hydrogen-bond acceptors (Lipinski definition) is 3. The average Bonchev–Trinajstić information content (AvgIpc) is 2.45. The Bertz CT molecular complexity index is 381. The molecule has 0 aromatic carbocycles. The van der Waals surface area contributed by atoms with E-state index in [9.17, 15) is 4.79 Å². The molecule has 0 aliphatic heterocycles. The van der Waals surface area contributed by atoms with Crippen LogP contribution in [-0.2, 0) is 11.8 Å². The van der Waals surface area contributed by atoms with Crippen LogP contribution in [0.3, 0.4) is 0 Å². The molecule has 16 heavy (non-hydrogen) atoms. The number of rotatable bonds is 4. The molecule has 0 spiro atoms. The van der Waals surface area contributed by atoms with E-state index in [1.807, 2.05) is 34.7 Å². The van der Waals surface area contributed by atoms with Gasteiger partial charge in [-0.3, -0.25) is 9.48 Å². The highest BCUT2D eigenvalue weighted by Gasteiger charge is 2.26. The average molecular weight is 224 g/mol. The lowest BCUT2D eigenvalue weighted by molar-refractivity contribution is -0.121. The lowest BCUT2D eigenvalue weighted by Crippen LogP contribution is -2.49. The Morgan fingerprint density at radius 3 is 2.62 bits per heavy atom. The standard InChI is InChI=1S/C11H20N4O/c1-6-12-11(3,4)10(16)13-9-7-15(5)14-8(9)2/h7,12H,6H2,1-5H3,(H,13,16). The molecule has 2 N–H and O–H groups in total. The second-order valence-corrected chi connectivity index (χ2v) is 4.41. The van der Waals surface area contributed by atoms with Gasteiger partial charge in [-0.2, -0.15) is 5.10 Å². The van der Waals surface area contributed by atoms with Gasteiger partial charge in [-0.05, 0) is 27.3 Å². The number of aromatic nitrogens is 2. The Labute approximate surface area is 96.2 Å². The molecule has 0 aliphatic carbocycles. The molecule has 1 heterocycles. The van der Waals surface area contributed by atoms with Crippen molar-refractivity contribution in [3.8, 4) is 0 Å². The van der Waals surface area contributed by atoms with Gasteiger partial charge in [0.1, 0.15) is 0 Å². The van der Waals surface area contributed by atoms with Crippen molar-refractivity contribution in [1.29, 1.82) is 0 Å². The van der Waals surface area contributed by atoms with Gasteiger partial charge in [-0.25, -0.2) is 0 Å². The maximum atomic E-state index is 12.0. The van der Waals surface area contributed by atoms with Crippen molar-refractivity contribution >= 4 is 11.6 Å². The first-order valence-corrected chi connectivity index (χ1v) is 5.43. The van der Waals surface area contributed by atoms with Gasteiger partial charge < -0.3 is 10.6 Å². The molecule has 1 aromatic heterocycles. The quantitative estimate of drug-likeness (QED) is 0.804. The van der Waals surface area contributed by atoms with Crippen LogP contribution < -0.4 is 10.6 Å². The van der Waals surface area contributed by atoms with Crippen molar-refractivity contribution in [2.24, 2.45) is 7.05 Å². The van der Waals surface area contributed by atoms with E-state index in [4.69, 9.17) is 0 Å². The predicted octanol–water partition coefficient (Wildman–Crippen LogP) is 1.06. The fraction of sp³-hybridized carbons (Fsp3) is 0.636. The van der Waals surface area contributed by atoms with Crippen LogP contribution in [0.4, 0.5) is 5.69 Å². The number of anilines is 1. The Morgan fingerprint density at radius 1 is 1.56 bits per heavy atom. The van der Waals surface area contributed by atoms with Crippen LogP contribution in [0.15, 0.2) is 6.20 Å². The van der Waals surface area contributed by atoms with Crippen molar-refractivity contribution in [2.45, 2.75) is 33.2 Å². The molecule has 5 heteroatoms. The smallest absolute Gasteiger partial charge is 0.244 e. The highest BCUT2D eigenvalue weighted by Crippen LogP contribution is 2.14. The summed E-state index contributed by atoms with van der Waals surface area (Å²) in [6.07, 6.45) is 1.80. The molecule has 1 aromatic rings. The zero-order valence-electron chi connectivity index (χ0n) is 10.6. The van der Waals surface area contributed by atoms with Crippen LogP contribution in [0, 0.1) is 6.92 Å². The Kier molecular flexibility index (Phi) is 3.70. The van der Waals surface area contributed by atoms with Crippen LogP contribution in [0.1, 0.15) is 26.5 Å². The molecule has 0 fully saturated rings. The first-order valence-electron chi connectivity index (χ1n) is 5.43. The van der Waals surface area contributed by atoms with Crippen LogP contribution >= 0.6 is 0 Å². The number of nitrogens with one attached hydrogen (secondary N) is 2. The lowest BCUT2D eigenvalue weighted by Gasteiger charge is -2.24. The second-order valence-electron chi connectivity index (χ2n) is 4.41. The van der Waals surface area contributed by atoms with Gasteiger partial charge >= 0.3 is 0 Å². The molecule has 1 rings (SSSR count). The number of amides is 1. The maximum Gasteiger partial charge on any atom is 0.244 e. The van der Waals surface area contributed by atoms with Crippen molar-refractivity contribution in [2.75, 3.05) is 11.9 Å². The van der Waals surface area contributed by atoms with Crippen molar-refractivity contribution in [3.05, 3.63) is 11.9 Å². The third kappa shape index (κ3) is 2.82. The summed E-state index contributed by atoms with van der Waals surface area (Å²) in [6, 6.07) is 0. The van der Waals surface area contributed by atoms with Gasteiger partial charge in [-0.1, -0.05) is 6.92 Å². The third-order valence-electron chi connectivity index (χ3n) is 2.45. The SMILES string of the molecule is CCNC(C)(C)C(=O)Nc1cn(C)nc1C. The van der Waals surface area contributed by atoms with Gasteiger partial charge in [-0.15, -0.1) is 0 Å². The van der Waals surface area contributed by atoms with E-state index in [0.29, 0.717) is 0 Å². The van der Waals surface area contributed by atoms with Crippen LogP contribution in [0.5, 0.6) is 0 Å². The number of likely N-dealkylation sites (N-methyl/N-ethyl adjacent to an activating group) is 1. The maximum absolute atomic E-state index is 12.0. The monoisotopic (exact) mass is 224 g/mol. The molecule has 0 unspecified atom stereocenters. The van der Waals surface area contributed by atoms with E-state index in [1.165, 1.54) is 0 Å². The molecule has 0 saturated carbocycles. The van der Waals surface area contributed by atoms with Crippen LogP contribution in [-0.4, -0.2) is 27.8 Å². The van der Waals surface area contributed by atoms with E-state index in [0.717, 1.165) is 17.9 Å². The van der Waals surface area contributed by atoms with Crippen molar-refractivity contribution in [3.63, 3.8) is 0 Å². The van der Waals surface area contributed by atoms with E-state index in [-0.39, 0.29) is 5.91 Å². The molecule has 0 atom stereocenters. The van der Waals surface area contributed by atoms with Crippen LogP contribution in [0.25, 0.3) is 0 Å². The van der Waals surface area contributed by atoms with E-state index < -0.39 is 5.54 Å². The number of hydrogen-bond donors (Lipinski definition) is 2. The summed E-state index contributed by atoms with van der Waals surface area (Å²) in [4.78, 5) is 12.0. The fourth-order valence-corrected chi connectivity index (χ4v) is 1.52. The zero-order valence-corrected chi connectivity index (χ0v) is 10.6. The zero-order chi connectivity index (χ0) is 12.3. The molecule has 0 aliphatic rings. The van der Waals surface area contributed by atoms with Crippen LogP contribution in [0.2, 0.25) is 0 Å². The van der Waals surface area contributed by atoms with Crippen molar-refractivity contribution in [1.82, 2.24) is 15.1 Å². The Morgan fingerprint density at radius 2 is 2.19 bits per heavy atom. The molecule has 1 amide bonds. The predicted molar refractivity (Wildman–Crippen MR) is 64.3 cm³/mol. The minimum Gasteiger partial charge on any atom is -0.322 e.